The van der Waals surface area contributed by atoms with E-state index in [1.807, 2.05) is 66.9 Å². The summed E-state index contributed by atoms with van der Waals surface area (Å²) in [6, 6.07) is 26.5. The molecule has 1 N–H and O–H groups in total. The lowest BCUT2D eigenvalue weighted by molar-refractivity contribution is 0.141. The number of sulfonamides is 1. The number of nitrogens with zero attached hydrogens (tertiary/aromatic N) is 6. The number of benzene rings is 3. The number of anilines is 2. The topological polar surface area (TPSA) is 96.3 Å². The van der Waals surface area contributed by atoms with E-state index in [-0.39, 0.29) is 10.9 Å². The molecular formula is C29H29N7O2S. The Morgan fingerprint density at radius 2 is 1.54 bits per heavy atom. The molecule has 1 saturated heterocycles. The van der Waals surface area contributed by atoms with Gasteiger partial charge in [-0.15, -0.1) is 0 Å². The molecule has 1 aliphatic rings. The largest absolute Gasteiger partial charge is 0.340 e. The Morgan fingerprint density at radius 1 is 0.821 bits per heavy atom. The number of para-hydroxylation sites is 2. The van der Waals surface area contributed by atoms with E-state index in [1.165, 1.54) is 0 Å². The zero-order chi connectivity index (χ0) is 26.8. The van der Waals surface area contributed by atoms with Gasteiger partial charge in [0.15, 0.2) is 0 Å². The summed E-state index contributed by atoms with van der Waals surface area (Å²) in [5.41, 5.74) is 2.64. The van der Waals surface area contributed by atoms with Crippen LogP contribution >= 0.6 is 0 Å². The molecule has 39 heavy (non-hydrogen) atoms. The lowest BCUT2D eigenvalue weighted by Gasteiger charge is -2.36. The Balaban J connectivity index is 1.18. The maximum Gasteiger partial charge on any atom is 0.243 e. The number of aromatic nitrogens is 4. The predicted octanol–water partition coefficient (Wildman–Crippen LogP) is 4.63. The van der Waals surface area contributed by atoms with Crippen LogP contribution in [0.3, 0.4) is 0 Å². The van der Waals surface area contributed by atoms with E-state index < -0.39 is 10.0 Å². The molecule has 0 spiro atoms. The van der Waals surface area contributed by atoms with Crippen molar-refractivity contribution in [3.8, 4) is 5.69 Å². The van der Waals surface area contributed by atoms with Gasteiger partial charge in [0.05, 0.1) is 22.1 Å². The Labute approximate surface area is 227 Å². The van der Waals surface area contributed by atoms with Gasteiger partial charge in [0.25, 0.3) is 0 Å². The minimum atomic E-state index is -3.60. The van der Waals surface area contributed by atoms with Gasteiger partial charge in [-0.05, 0) is 61.5 Å². The van der Waals surface area contributed by atoms with Crippen LogP contribution in [0.4, 0.5) is 11.5 Å². The van der Waals surface area contributed by atoms with Crippen LogP contribution in [0.5, 0.6) is 0 Å². The summed E-state index contributed by atoms with van der Waals surface area (Å²) in [6.45, 7) is 4.05. The first-order valence-corrected chi connectivity index (χ1v) is 14.4. The number of nitrogens with one attached hydrogen (secondary N) is 1. The Hall–Kier alpha value is -4.12. The predicted molar refractivity (Wildman–Crippen MR) is 152 cm³/mol. The first-order chi connectivity index (χ1) is 19.0. The molecule has 198 valence electrons. The van der Waals surface area contributed by atoms with Crippen LogP contribution in [0.1, 0.15) is 18.8 Å². The highest BCUT2D eigenvalue weighted by Gasteiger charge is 2.31. The van der Waals surface area contributed by atoms with E-state index in [4.69, 9.17) is 9.97 Å². The van der Waals surface area contributed by atoms with Crippen LogP contribution < -0.4 is 5.32 Å². The normalized spacial score (nSPS) is 15.8. The molecule has 9 nitrogen and oxygen atoms in total. The fourth-order valence-corrected chi connectivity index (χ4v) is 6.29. The number of piperazine rings is 1. The molecule has 0 unspecified atom stereocenters. The fourth-order valence-electron chi connectivity index (χ4n) is 4.87. The van der Waals surface area contributed by atoms with Crippen LogP contribution in [0.2, 0.25) is 0 Å². The summed E-state index contributed by atoms with van der Waals surface area (Å²) in [5.74, 6) is 1.46. The summed E-state index contributed by atoms with van der Waals surface area (Å²) in [7, 11) is -3.60. The number of hydrogen-bond donors (Lipinski definition) is 1. The molecule has 1 atom stereocenters. The summed E-state index contributed by atoms with van der Waals surface area (Å²) in [5, 5.41) is 8.59. The molecule has 3 heterocycles. The average molecular weight is 540 g/mol. The van der Waals surface area contributed by atoms with Gasteiger partial charge in [-0.2, -0.15) is 9.40 Å². The Morgan fingerprint density at radius 3 is 2.26 bits per heavy atom. The monoisotopic (exact) mass is 539 g/mol. The fraction of sp³-hybridized carbons (Fsp3) is 0.207. The van der Waals surface area contributed by atoms with Crippen molar-refractivity contribution in [1.82, 2.24) is 29.0 Å². The summed E-state index contributed by atoms with van der Waals surface area (Å²) in [4.78, 5) is 12.3. The van der Waals surface area contributed by atoms with Crippen molar-refractivity contribution in [2.75, 3.05) is 31.5 Å². The molecular weight excluding hydrogens is 510 g/mol. The summed E-state index contributed by atoms with van der Waals surface area (Å²) in [6.07, 6.45) is 3.51. The Bertz CT molecular complexity index is 1670. The molecule has 0 bridgehead atoms. The van der Waals surface area contributed by atoms with Gasteiger partial charge in [0.1, 0.15) is 11.6 Å². The van der Waals surface area contributed by atoms with E-state index in [0.29, 0.717) is 32.0 Å². The van der Waals surface area contributed by atoms with Crippen molar-refractivity contribution in [2.24, 2.45) is 0 Å². The van der Waals surface area contributed by atoms with Gasteiger partial charge in [0, 0.05) is 49.6 Å². The molecule has 10 heteroatoms. The van der Waals surface area contributed by atoms with Crippen molar-refractivity contribution >= 4 is 32.4 Å². The highest BCUT2D eigenvalue weighted by molar-refractivity contribution is 7.89. The van der Waals surface area contributed by atoms with Crippen molar-refractivity contribution in [3.05, 3.63) is 103 Å². The van der Waals surface area contributed by atoms with E-state index >= 15 is 0 Å². The number of fused-ring (bicyclic) bond motifs is 1. The molecule has 6 rings (SSSR count). The summed E-state index contributed by atoms with van der Waals surface area (Å²) >= 11 is 0. The standard InChI is InChI=1S/C29H29N7O2S/c1-22(28-32-27-11-6-5-10-26(27)29(33-28)31-23-8-3-2-4-9-23)34-18-20-35(21-19-34)39(37,38)25-14-12-24(13-15-25)36-17-7-16-30-36/h2-17,22H,18-21H2,1H3,(H,31,32,33)/t22-/m1/s1. The van der Waals surface area contributed by atoms with Gasteiger partial charge in [-0.3, -0.25) is 4.90 Å². The maximum absolute atomic E-state index is 13.3. The highest BCUT2D eigenvalue weighted by atomic mass is 32.2. The van der Waals surface area contributed by atoms with Crippen molar-refractivity contribution < 1.29 is 8.42 Å². The molecule has 5 aromatic rings. The van der Waals surface area contributed by atoms with Gasteiger partial charge in [-0.25, -0.2) is 23.1 Å². The van der Waals surface area contributed by atoms with E-state index in [9.17, 15) is 8.42 Å². The zero-order valence-corrected chi connectivity index (χ0v) is 22.4. The zero-order valence-electron chi connectivity index (χ0n) is 21.6. The second kappa shape index (κ2) is 10.6. The van der Waals surface area contributed by atoms with Crippen molar-refractivity contribution in [3.63, 3.8) is 0 Å². The molecule has 0 amide bonds. The quantitative estimate of drug-likeness (QED) is 0.322. The van der Waals surface area contributed by atoms with Gasteiger partial charge in [0.2, 0.25) is 10.0 Å². The second-order valence-corrected chi connectivity index (χ2v) is 11.4. The van der Waals surface area contributed by atoms with Crippen molar-refractivity contribution in [2.45, 2.75) is 17.9 Å². The van der Waals surface area contributed by atoms with Crippen LogP contribution in [0.15, 0.2) is 102 Å². The van der Waals surface area contributed by atoms with Crippen LogP contribution in [-0.4, -0.2) is 63.6 Å². The SMILES string of the molecule is C[C@H](c1nc(Nc2ccccc2)c2ccccc2n1)N1CCN(S(=O)(=O)c2ccc(-n3cccn3)cc2)CC1. The third-order valence-electron chi connectivity index (χ3n) is 7.10. The van der Waals surface area contributed by atoms with E-state index in [0.717, 1.165) is 28.1 Å². The minimum Gasteiger partial charge on any atom is -0.340 e. The van der Waals surface area contributed by atoms with Crippen LogP contribution in [-0.2, 0) is 10.0 Å². The van der Waals surface area contributed by atoms with Crippen LogP contribution in [0.25, 0.3) is 16.6 Å². The molecule has 0 saturated carbocycles. The highest BCUT2D eigenvalue weighted by Crippen LogP contribution is 2.28. The smallest absolute Gasteiger partial charge is 0.243 e. The van der Waals surface area contributed by atoms with Gasteiger partial charge < -0.3 is 5.32 Å². The van der Waals surface area contributed by atoms with E-state index in [2.05, 4.69) is 22.2 Å². The third-order valence-corrected chi connectivity index (χ3v) is 9.01. The van der Waals surface area contributed by atoms with E-state index in [1.54, 1.807) is 39.4 Å². The van der Waals surface area contributed by atoms with Crippen molar-refractivity contribution in [1.29, 1.82) is 0 Å². The van der Waals surface area contributed by atoms with Gasteiger partial charge >= 0.3 is 0 Å². The Kier molecular flexibility index (Phi) is 6.82. The molecule has 1 aliphatic heterocycles. The maximum atomic E-state index is 13.3. The number of hydrogen-bond acceptors (Lipinski definition) is 7. The second-order valence-electron chi connectivity index (χ2n) is 9.50. The first-order valence-electron chi connectivity index (χ1n) is 12.9. The minimum absolute atomic E-state index is 0.0795. The first kappa shape index (κ1) is 25.2. The molecule has 0 radical (unpaired) electrons. The lowest BCUT2D eigenvalue weighted by atomic mass is 10.2. The number of rotatable bonds is 7. The van der Waals surface area contributed by atoms with Crippen LogP contribution in [0, 0.1) is 0 Å². The third kappa shape index (κ3) is 5.14. The molecule has 2 aromatic heterocycles. The molecule has 0 aliphatic carbocycles. The van der Waals surface area contributed by atoms with Gasteiger partial charge in [-0.1, -0.05) is 30.3 Å². The lowest BCUT2D eigenvalue weighted by Crippen LogP contribution is -2.49. The molecule has 3 aromatic carbocycles. The molecule has 1 fully saturated rings. The summed E-state index contributed by atoms with van der Waals surface area (Å²) < 4.78 is 30.0. The average Bonchev–Trinajstić information content (AvgIpc) is 3.53.